The van der Waals surface area contributed by atoms with E-state index in [-0.39, 0.29) is 6.10 Å². The summed E-state index contributed by atoms with van der Waals surface area (Å²) in [5.74, 6) is 2.39. The van der Waals surface area contributed by atoms with Crippen molar-refractivity contribution >= 4 is 11.3 Å². The van der Waals surface area contributed by atoms with Crippen LogP contribution in [0.1, 0.15) is 30.9 Å². The lowest BCUT2D eigenvalue weighted by atomic mass is 10.1. The van der Waals surface area contributed by atoms with Crippen molar-refractivity contribution in [1.29, 1.82) is 0 Å². The van der Waals surface area contributed by atoms with Gasteiger partial charge in [-0.3, -0.25) is 0 Å². The van der Waals surface area contributed by atoms with Crippen LogP contribution >= 0.6 is 11.3 Å². The number of aryl methyl sites for hydroxylation is 1. The summed E-state index contributed by atoms with van der Waals surface area (Å²) in [4.78, 5) is 5.66. The third kappa shape index (κ3) is 6.42. The zero-order valence-corrected chi connectivity index (χ0v) is 18.2. The second-order valence-electron chi connectivity index (χ2n) is 6.68. The Kier molecular flexibility index (Phi) is 8.28. The molecule has 0 saturated heterocycles. The number of hydrogen-bond acceptors (Lipinski definition) is 6. The van der Waals surface area contributed by atoms with Gasteiger partial charge in [0.1, 0.15) is 11.5 Å². The highest BCUT2D eigenvalue weighted by molar-refractivity contribution is 7.13. The van der Waals surface area contributed by atoms with E-state index in [1.54, 1.807) is 11.3 Å². The summed E-state index contributed by atoms with van der Waals surface area (Å²) >= 11 is 1.63. The molecule has 1 atom stereocenters. The summed E-state index contributed by atoms with van der Waals surface area (Å²) in [7, 11) is 0. The first kappa shape index (κ1) is 21.6. The molecule has 0 saturated carbocycles. The van der Waals surface area contributed by atoms with Crippen LogP contribution in [-0.2, 0) is 22.3 Å². The molecular formula is C23H29NO4S. The molecule has 0 aliphatic carbocycles. The molecule has 0 aliphatic rings. The second kappa shape index (κ2) is 11.1. The summed E-state index contributed by atoms with van der Waals surface area (Å²) in [5, 5.41) is 2.02. The van der Waals surface area contributed by atoms with Gasteiger partial charge in [0.05, 0.1) is 29.9 Å². The van der Waals surface area contributed by atoms with Crippen LogP contribution in [0.5, 0.6) is 5.75 Å². The van der Waals surface area contributed by atoms with E-state index in [0.717, 1.165) is 28.5 Å². The van der Waals surface area contributed by atoms with Gasteiger partial charge in [0.25, 0.3) is 0 Å². The van der Waals surface area contributed by atoms with Gasteiger partial charge in [-0.15, -0.1) is 11.3 Å². The van der Waals surface area contributed by atoms with Crippen LogP contribution in [0.4, 0.5) is 0 Å². The first-order valence-corrected chi connectivity index (χ1v) is 11.0. The minimum Gasteiger partial charge on any atom is -0.493 e. The number of rotatable bonds is 12. The molecule has 6 heteroatoms. The van der Waals surface area contributed by atoms with Gasteiger partial charge in [-0.25, -0.2) is 4.98 Å². The Morgan fingerprint density at radius 2 is 1.93 bits per heavy atom. The van der Waals surface area contributed by atoms with Gasteiger partial charge in [-0.1, -0.05) is 18.2 Å². The van der Waals surface area contributed by atoms with Crippen LogP contribution in [0.3, 0.4) is 0 Å². The molecule has 0 N–H and O–H groups in total. The molecular weight excluding hydrogens is 386 g/mol. The van der Waals surface area contributed by atoms with E-state index in [4.69, 9.17) is 18.6 Å². The zero-order chi connectivity index (χ0) is 20.5. The topological polar surface area (TPSA) is 53.7 Å². The molecule has 2 aromatic heterocycles. The molecule has 0 radical (unpaired) electrons. The molecule has 29 heavy (non-hydrogen) atoms. The van der Waals surface area contributed by atoms with Crippen molar-refractivity contribution in [2.75, 3.05) is 26.4 Å². The maximum Gasteiger partial charge on any atom is 0.236 e. The second-order valence-corrected chi connectivity index (χ2v) is 7.63. The fourth-order valence-corrected chi connectivity index (χ4v) is 3.72. The van der Waals surface area contributed by atoms with Gasteiger partial charge < -0.3 is 18.6 Å². The Bertz CT molecular complexity index is 842. The van der Waals surface area contributed by atoms with Crippen LogP contribution < -0.4 is 4.74 Å². The quantitative estimate of drug-likeness (QED) is 0.401. The van der Waals surface area contributed by atoms with Gasteiger partial charge in [0.15, 0.2) is 0 Å². The molecule has 0 spiro atoms. The lowest BCUT2D eigenvalue weighted by Gasteiger charge is -2.17. The monoisotopic (exact) mass is 415 g/mol. The standard InChI is InChI=1S/C23H29NO4S/c1-4-25-16-20(26-5-2)15-18-8-10-19(11-9-18)27-13-12-21-17(3)28-23(24-21)22-7-6-14-29-22/h6-11,14,20H,4-5,12-13,15-16H2,1-3H3/t20-/m0/s1. The average Bonchev–Trinajstić information content (AvgIpc) is 3.38. The first-order chi connectivity index (χ1) is 14.2. The number of benzene rings is 1. The smallest absolute Gasteiger partial charge is 0.236 e. The Labute approximate surface area is 176 Å². The third-order valence-corrected chi connectivity index (χ3v) is 5.39. The van der Waals surface area contributed by atoms with Crippen molar-refractivity contribution in [1.82, 2.24) is 4.98 Å². The number of aromatic nitrogens is 1. The highest BCUT2D eigenvalue weighted by Crippen LogP contribution is 2.26. The number of oxazole rings is 1. The molecule has 1 aromatic carbocycles. The molecule has 0 fully saturated rings. The van der Waals surface area contributed by atoms with E-state index in [9.17, 15) is 0 Å². The number of nitrogens with zero attached hydrogens (tertiary/aromatic N) is 1. The summed E-state index contributed by atoms with van der Waals surface area (Å²) in [6.07, 6.45) is 1.63. The molecule has 3 rings (SSSR count). The lowest BCUT2D eigenvalue weighted by Crippen LogP contribution is -2.22. The molecule has 2 heterocycles. The fourth-order valence-electron chi connectivity index (χ4n) is 3.07. The van der Waals surface area contributed by atoms with Gasteiger partial charge in [0, 0.05) is 26.1 Å². The predicted molar refractivity (Wildman–Crippen MR) is 116 cm³/mol. The third-order valence-electron chi connectivity index (χ3n) is 4.53. The largest absolute Gasteiger partial charge is 0.493 e. The van der Waals surface area contributed by atoms with Crippen molar-refractivity contribution in [2.24, 2.45) is 0 Å². The van der Waals surface area contributed by atoms with Crippen LogP contribution in [0.25, 0.3) is 10.8 Å². The zero-order valence-electron chi connectivity index (χ0n) is 17.3. The molecule has 0 amide bonds. The normalized spacial score (nSPS) is 12.2. The molecule has 5 nitrogen and oxygen atoms in total. The summed E-state index contributed by atoms with van der Waals surface area (Å²) in [6, 6.07) is 12.2. The van der Waals surface area contributed by atoms with E-state index in [2.05, 4.69) is 17.1 Å². The van der Waals surface area contributed by atoms with Crippen LogP contribution in [0, 0.1) is 6.92 Å². The molecule has 156 valence electrons. The van der Waals surface area contributed by atoms with Crippen molar-refractivity contribution < 1.29 is 18.6 Å². The van der Waals surface area contributed by atoms with Gasteiger partial charge in [-0.2, -0.15) is 0 Å². The minimum atomic E-state index is 0.0828. The summed E-state index contributed by atoms with van der Waals surface area (Å²) in [6.45, 7) is 8.53. The molecule has 0 aliphatic heterocycles. The van der Waals surface area contributed by atoms with Gasteiger partial charge >= 0.3 is 0 Å². The van der Waals surface area contributed by atoms with Gasteiger partial charge in [-0.05, 0) is 49.9 Å². The Hall–Kier alpha value is -2.15. The lowest BCUT2D eigenvalue weighted by molar-refractivity contribution is -0.00769. The number of ether oxygens (including phenoxy) is 3. The van der Waals surface area contributed by atoms with Crippen molar-refractivity contribution in [3.63, 3.8) is 0 Å². The van der Waals surface area contributed by atoms with E-state index in [1.165, 1.54) is 5.56 Å². The number of thiophene rings is 1. The highest BCUT2D eigenvalue weighted by Gasteiger charge is 2.13. The number of hydrogen-bond donors (Lipinski definition) is 0. The molecule has 0 bridgehead atoms. The highest BCUT2D eigenvalue weighted by atomic mass is 32.1. The van der Waals surface area contributed by atoms with Crippen molar-refractivity contribution in [2.45, 2.75) is 39.7 Å². The first-order valence-electron chi connectivity index (χ1n) is 10.1. The summed E-state index contributed by atoms with van der Waals surface area (Å²) < 4.78 is 23.0. The Balaban J connectivity index is 1.49. The van der Waals surface area contributed by atoms with Crippen LogP contribution in [-0.4, -0.2) is 37.5 Å². The van der Waals surface area contributed by atoms with E-state index < -0.39 is 0 Å². The minimum absolute atomic E-state index is 0.0828. The van der Waals surface area contributed by atoms with Crippen molar-refractivity contribution in [3.8, 4) is 16.5 Å². The van der Waals surface area contributed by atoms with Gasteiger partial charge in [0.2, 0.25) is 5.89 Å². The average molecular weight is 416 g/mol. The van der Waals surface area contributed by atoms with E-state index >= 15 is 0 Å². The van der Waals surface area contributed by atoms with Crippen LogP contribution in [0.2, 0.25) is 0 Å². The maximum absolute atomic E-state index is 5.90. The predicted octanol–water partition coefficient (Wildman–Crippen LogP) is 5.32. The maximum atomic E-state index is 5.90. The van der Waals surface area contributed by atoms with E-state index in [0.29, 0.717) is 38.7 Å². The Morgan fingerprint density at radius 1 is 1.10 bits per heavy atom. The molecule has 3 aromatic rings. The van der Waals surface area contributed by atoms with E-state index in [1.807, 2.05) is 50.4 Å². The fraction of sp³-hybridized carbons (Fsp3) is 0.435. The van der Waals surface area contributed by atoms with Crippen molar-refractivity contribution in [3.05, 3.63) is 58.8 Å². The van der Waals surface area contributed by atoms with Crippen LogP contribution in [0.15, 0.2) is 46.2 Å². The summed E-state index contributed by atoms with van der Waals surface area (Å²) in [5.41, 5.74) is 2.16. The SMILES string of the molecule is CCOC[C@H](Cc1ccc(OCCc2nc(-c3cccs3)oc2C)cc1)OCC. The Morgan fingerprint density at radius 3 is 2.62 bits per heavy atom. The molecule has 0 unspecified atom stereocenters.